The van der Waals surface area contributed by atoms with Crippen LogP contribution in [0.2, 0.25) is 0 Å². The maximum absolute atomic E-state index is 11.4. The molecule has 0 aliphatic rings. The van der Waals surface area contributed by atoms with E-state index in [1.54, 1.807) is 13.0 Å². The first-order valence-corrected chi connectivity index (χ1v) is 6.05. The number of nitrogens with zero attached hydrogens (tertiary/aromatic N) is 1. The highest BCUT2D eigenvalue weighted by Crippen LogP contribution is 2.25. The van der Waals surface area contributed by atoms with Gasteiger partial charge in [-0.1, -0.05) is 0 Å². The SMILES string of the molecule is CCOC(=O)c1cc2ccc(Br)nc2s1. The van der Waals surface area contributed by atoms with Crippen molar-refractivity contribution in [2.75, 3.05) is 6.61 Å². The summed E-state index contributed by atoms with van der Waals surface area (Å²) >= 11 is 4.63. The molecule has 2 aromatic rings. The number of fused-ring (bicyclic) bond motifs is 1. The molecule has 2 aromatic heterocycles. The number of halogens is 1. The third kappa shape index (κ3) is 2.18. The molecule has 5 heteroatoms. The molecule has 0 saturated heterocycles. The second kappa shape index (κ2) is 4.28. The van der Waals surface area contributed by atoms with Crippen molar-refractivity contribution in [2.24, 2.45) is 0 Å². The number of carbonyl (C=O) groups excluding carboxylic acids is 1. The Balaban J connectivity index is 2.42. The normalized spacial score (nSPS) is 10.5. The van der Waals surface area contributed by atoms with Crippen LogP contribution in [0.4, 0.5) is 0 Å². The average Bonchev–Trinajstić information content (AvgIpc) is 2.60. The van der Waals surface area contributed by atoms with Crippen LogP contribution in [0.5, 0.6) is 0 Å². The number of hydrogen-bond acceptors (Lipinski definition) is 4. The second-order valence-electron chi connectivity index (χ2n) is 2.86. The van der Waals surface area contributed by atoms with Crippen LogP contribution < -0.4 is 0 Å². The van der Waals surface area contributed by atoms with Gasteiger partial charge in [0.15, 0.2) is 0 Å². The molecular weight excluding hydrogens is 278 g/mol. The summed E-state index contributed by atoms with van der Waals surface area (Å²) in [5.41, 5.74) is 0. The zero-order valence-corrected chi connectivity index (χ0v) is 10.4. The summed E-state index contributed by atoms with van der Waals surface area (Å²) in [6.45, 7) is 2.18. The number of thiophene rings is 1. The van der Waals surface area contributed by atoms with E-state index in [4.69, 9.17) is 4.74 Å². The van der Waals surface area contributed by atoms with Crippen LogP contribution in [0.3, 0.4) is 0 Å². The van der Waals surface area contributed by atoms with Gasteiger partial charge in [0, 0.05) is 5.39 Å². The molecule has 0 aliphatic carbocycles. The van der Waals surface area contributed by atoms with Crippen LogP contribution in [-0.2, 0) is 4.74 Å². The number of pyridine rings is 1. The number of rotatable bonds is 2. The molecule has 78 valence electrons. The zero-order chi connectivity index (χ0) is 10.8. The van der Waals surface area contributed by atoms with Gasteiger partial charge >= 0.3 is 5.97 Å². The van der Waals surface area contributed by atoms with Gasteiger partial charge in [0.05, 0.1) is 6.61 Å². The third-order valence-electron chi connectivity index (χ3n) is 1.83. The monoisotopic (exact) mass is 285 g/mol. The third-order valence-corrected chi connectivity index (χ3v) is 3.29. The van der Waals surface area contributed by atoms with Crippen LogP contribution in [0.25, 0.3) is 10.2 Å². The van der Waals surface area contributed by atoms with Crippen molar-refractivity contribution in [3.63, 3.8) is 0 Å². The van der Waals surface area contributed by atoms with E-state index in [9.17, 15) is 4.79 Å². The maximum atomic E-state index is 11.4. The molecule has 0 atom stereocenters. The molecule has 0 fully saturated rings. The summed E-state index contributed by atoms with van der Waals surface area (Å²) in [4.78, 5) is 17.1. The van der Waals surface area contributed by atoms with Crippen molar-refractivity contribution in [2.45, 2.75) is 6.92 Å². The Kier molecular flexibility index (Phi) is 3.02. The fourth-order valence-electron chi connectivity index (χ4n) is 1.20. The van der Waals surface area contributed by atoms with E-state index in [1.807, 2.05) is 12.1 Å². The predicted molar refractivity (Wildman–Crippen MR) is 63.3 cm³/mol. The quantitative estimate of drug-likeness (QED) is 0.628. The van der Waals surface area contributed by atoms with Crippen molar-refractivity contribution in [3.05, 3.63) is 27.7 Å². The minimum absolute atomic E-state index is 0.281. The number of esters is 1. The number of carbonyl (C=O) groups is 1. The Hall–Kier alpha value is -0.940. The van der Waals surface area contributed by atoms with Gasteiger partial charge in [-0.05, 0) is 41.1 Å². The summed E-state index contributed by atoms with van der Waals surface area (Å²) in [6, 6.07) is 5.58. The van der Waals surface area contributed by atoms with Crippen molar-refractivity contribution >= 4 is 43.5 Å². The summed E-state index contributed by atoms with van der Waals surface area (Å²) < 4.78 is 5.69. The standard InChI is InChI=1S/C10H8BrNO2S/c1-2-14-10(13)7-5-6-3-4-8(11)12-9(6)15-7/h3-5H,2H2,1H3. The summed E-state index contributed by atoms with van der Waals surface area (Å²) in [5.74, 6) is -0.281. The highest BCUT2D eigenvalue weighted by Gasteiger charge is 2.11. The first-order valence-electron chi connectivity index (χ1n) is 4.44. The van der Waals surface area contributed by atoms with Crippen LogP contribution in [0, 0.1) is 0 Å². The maximum Gasteiger partial charge on any atom is 0.348 e. The number of ether oxygens (including phenoxy) is 1. The molecule has 0 spiro atoms. The van der Waals surface area contributed by atoms with Gasteiger partial charge in [-0.3, -0.25) is 0 Å². The summed E-state index contributed by atoms with van der Waals surface area (Å²) in [7, 11) is 0. The number of aromatic nitrogens is 1. The van der Waals surface area contributed by atoms with Gasteiger partial charge in [0.1, 0.15) is 14.3 Å². The largest absolute Gasteiger partial charge is 0.462 e. The molecule has 0 amide bonds. The minimum Gasteiger partial charge on any atom is -0.462 e. The molecule has 0 bridgehead atoms. The Bertz CT molecular complexity index is 509. The summed E-state index contributed by atoms with van der Waals surface area (Å²) in [5, 5.41) is 0.964. The molecule has 0 saturated carbocycles. The molecule has 0 aromatic carbocycles. The smallest absolute Gasteiger partial charge is 0.348 e. The lowest BCUT2D eigenvalue weighted by atomic mass is 10.3. The van der Waals surface area contributed by atoms with E-state index in [-0.39, 0.29) is 5.97 Å². The van der Waals surface area contributed by atoms with Crippen molar-refractivity contribution < 1.29 is 9.53 Å². The fraction of sp³-hybridized carbons (Fsp3) is 0.200. The molecule has 0 N–H and O–H groups in total. The molecule has 2 heterocycles. The van der Waals surface area contributed by atoms with E-state index in [2.05, 4.69) is 20.9 Å². The number of hydrogen-bond donors (Lipinski definition) is 0. The topological polar surface area (TPSA) is 39.2 Å². The first kappa shape index (κ1) is 10.6. The zero-order valence-electron chi connectivity index (χ0n) is 7.99. The predicted octanol–water partition coefficient (Wildman–Crippen LogP) is 3.24. The minimum atomic E-state index is -0.281. The second-order valence-corrected chi connectivity index (χ2v) is 4.70. The van der Waals surface area contributed by atoms with Crippen LogP contribution >= 0.6 is 27.3 Å². The summed E-state index contributed by atoms with van der Waals surface area (Å²) in [6.07, 6.45) is 0. The van der Waals surface area contributed by atoms with Gasteiger partial charge in [0.25, 0.3) is 0 Å². The van der Waals surface area contributed by atoms with Gasteiger partial charge in [-0.2, -0.15) is 0 Å². The van der Waals surface area contributed by atoms with E-state index in [1.165, 1.54) is 11.3 Å². The van der Waals surface area contributed by atoms with Crippen LogP contribution in [0.1, 0.15) is 16.6 Å². The van der Waals surface area contributed by atoms with Crippen molar-refractivity contribution in [1.82, 2.24) is 4.98 Å². The molecule has 15 heavy (non-hydrogen) atoms. The Morgan fingerprint density at radius 2 is 2.40 bits per heavy atom. The van der Waals surface area contributed by atoms with Crippen molar-refractivity contribution in [1.29, 1.82) is 0 Å². The molecule has 0 unspecified atom stereocenters. The molecule has 0 radical (unpaired) electrons. The molecular formula is C10H8BrNO2S. The molecule has 0 aliphatic heterocycles. The van der Waals surface area contributed by atoms with Crippen LogP contribution in [0.15, 0.2) is 22.8 Å². The van der Waals surface area contributed by atoms with Gasteiger partial charge in [0.2, 0.25) is 0 Å². The lowest BCUT2D eigenvalue weighted by Crippen LogP contribution is -2.01. The Morgan fingerprint density at radius 1 is 1.60 bits per heavy atom. The Morgan fingerprint density at radius 3 is 3.13 bits per heavy atom. The van der Waals surface area contributed by atoms with Gasteiger partial charge in [-0.15, -0.1) is 11.3 Å². The van der Waals surface area contributed by atoms with Crippen LogP contribution in [-0.4, -0.2) is 17.6 Å². The lowest BCUT2D eigenvalue weighted by molar-refractivity contribution is 0.0532. The highest BCUT2D eigenvalue weighted by atomic mass is 79.9. The fourth-order valence-corrected chi connectivity index (χ4v) is 2.55. The molecule has 2 rings (SSSR count). The average molecular weight is 286 g/mol. The molecule has 3 nitrogen and oxygen atoms in total. The van der Waals surface area contributed by atoms with Gasteiger partial charge < -0.3 is 4.74 Å². The van der Waals surface area contributed by atoms with E-state index < -0.39 is 0 Å². The van der Waals surface area contributed by atoms with E-state index in [0.29, 0.717) is 11.5 Å². The first-order chi connectivity index (χ1) is 7.20. The van der Waals surface area contributed by atoms with E-state index >= 15 is 0 Å². The Labute approximate surface area is 99.2 Å². The lowest BCUT2D eigenvalue weighted by Gasteiger charge is -1.95. The highest BCUT2D eigenvalue weighted by molar-refractivity contribution is 9.10. The van der Waals surface area contributed by atoms with Crippen molar-refractivity contribution in [3.8, 4) is 0 Å². The van der Waals surface area contributed by atoms with Gasteiger partial charge in [-0.25, -0.2) is 9.78 Å². The van der Waals surface area contributed by atoms with E-state index in [0.717, 1.165) is 14.8 Å².